The summed E-state index contributed by atoms with van der Waals surface area (Å²) in [5.74, 6) is 1.61. The van der Waals surface area contributed by atoms with Crippen LogP contribution in [0.4, 0.5) is 0 Å². The van der Waals surface area contributed by atoms with Gasteiger partial charge >= 0.3 is 0 Å². The van der Waals surface area contributed by atoms with Crippen LogP contribution in [-0.4, -0.2) is 38.0 Å². The van der Waals surface area contributed by atoms with E-state index >= 15 is 0 Å². The molecular formula is C19H23NO3. The Balaban J connectivity index is 1.65. The molecule has 4 heteroatoms. The number of hydrogen-bond donors (Lipinski definition) is 2. The maximum absolute atomic E-state index is 9.88. The number of para-hydroxylation sites is 2. The number of ether oxygens (including phenoxy) is 2. The number of aliphatic hydroxyl groups is 1. The Bertz CT molecular complexity index is 599. The lowest BCUT2D eigenvalue weighted by Crippen LogP contribution is -2.31. The highest BCUT2D eigenvalue weighted by Gasteiger charge is 2.04. The number of methoxy groups -OCH3 is 1. The van der Waals surface area contributed by atoms with Crippen molar-refractivity contribution in [1.82, 2.24) is 5.32 Å². The van der Waals surface area contributed by atoms with Crippen LogP contribution >= 0.6 is 0 Å². The average molecular weight is 313 g/mol. The topological polar surface area (TPSA) is 50.7 Å². The summed E-state index contributed by atoms with van der Waals surface area (Å²) in [6.45, 7) is 1.41. The van der Waals surface area contributed by atoms with Gasteiger partial charge < -0.3 is 19.9 Å². The lowest BCUT2D eigenvalue weighted by atomic mass is 10.2. The summed E-state index contributed by atoms with van der Waals surface area (Å²) < 4.78 is 10.8. The smallest absolute Gasteiger partial charge is 0.126 e. The normalized spacial score (nSPS) is 12.3. The molecule has 0 saturated carbocycles. The van der Waals surface area contributed by atoms with Gasteiger partial charge in [-0.2, -0.15) is 0 Å². The molecule has 0 bridgehead atoms. The molecule has 23 heavy (non-hydrogen) atoms. The van der Waals surface area contributed by atoms with E-state index in [2.05, 4.69) is 5.32 Å². The molecule has 122 valence electrons. The van der Waals surface area contributed by atoms with Gasteiger partial charge in [0, 0.05) is 18.7 Å². The van der Waals surface area contributed by atoms with Crippen LogP contribution in [-0.2, 0) is 0 Å². The largest absolute Gasteiger partial charge is 0.496 e. The van der Waals surface area contributed by atoms with Crippen molar-refractivity contribution >= 4 is 6.08 Å². The van der Waals surface area contributed by atoms with Crippen molar-refractivity contribution in [3.63, 3.8) is 0 Å². The van der Waals surface area contributed by atoms with E-state index < -0.39 is 6.10 Å². The molecular weight excluding hydrogens is 290 g/mol. The molecule has 4 nitrogen and oxygen atoms in total. The van der Waals surface area contributed by atoms with E-state index in [1.807, 2.05) is 66.7 Å². The van der Waals surface area contributed by atoms with Crippen molar-refractivity contribution in [2.24, 2.45) is 0 Å². The average Bonchev–Trinajstić information content (AvgIpc) is 2.61. The second kappa shape index (κ2) is 9.66. The molecule has 0 aliphatic heterocycles. The molecule has 1 unspecified atom stereocenters. The molecule has 1 atom stereocenters. The van der Waals surface area contributed by atoms with Crippen LogP contribution < -0.4 is 14.8 Å². The van der Waals surface area contributed by atoms with E-state index in [4.69, 9.17) is 9.47 Å². The number of hydrogen-bond acceptors (Lipinski definition) is 4. The lowest BCUT2D eigenvalue weighted by molar-refractivity contribution is 0.107. The summed E-state index contributed by atoms with van der Waals surface area (Å²) in [5, 5.41) is 13.0. The van der Waals surface area contributed by atoms with Gasteiger partial charge in [0.2, 0.25) is 0 Å². The molecule has 0 fully saturated rings. The van der Waals surface area contributed by atoms with Crippen LogP contribution in [0.3, 0.4) is 0 Å². The van der Waals surface area contributed by atoms with Crippen molar-refractivity contribution in [3.05, 3.63) is 66.2 Å². The molecule has 0 saturated heterocycles. The van der Waals surface area contributed by atoms with E-state index in [9.17, 15) is 5.11 Å². The van der Waals surface area contributed by atoms with Crippen molar-refractivity contribution in [2.75, 3.05) is 26.8 Å². The minimum absolute atomic E-state index is 0.271. The Kier molecular flexibility index (Phi) is 7.17. The standard InChI is InChI=1S/C19H23NO3/c1-22-19-12-6-5-8-16(19)9-7-13-20-14-17(21)15-23-18-10-3-2-4-11-18/h2-12,17,20-21H,13-15H2,1H3. The Morgan fingerprint density at radius 2 is 1.83 bits per heavy atom. The van der Waals surface area contributed by atoms with Gasteiger partial charge in [-0.1, -0.05) is 48.6 Å². The van der Waals surface area contributed by atoms with Crippen LogP contribution in [0.25, 0.3) is 6.08 Å². The van der Waals surface area contributed by atoms with Gasteiger partial charge in [0.25, 0.3) is 0 Å². The monoisotopic (exact) mass is 313 g/mol. The van der Waals surface area contributed by atoms with Gasteiger partial charge in [-0.05, 0) is 18.2 Å². The molecule has 2 rings (SSSR count). The second-order valence-electron chi connectivity index (χ2n) is 5.08. The van der Waals surface area contributed by atoms with Gasteiger partial charge in [-0.15, -0.1) is 0 Å². The van der Waals surface area contributed by atoms with Gasteiger partial charge in [-0.25, -0.2) is 0 Å². The quantitative estimate of drug-likeness (QED) is 0.699. The minimum Gasteiger partial charge on any atom is -0.496 e. The number of aliphatic hydroxyl groups excluding tert-OH is 1. The molecule has 2 N–H and O–H groups in total. The van der Waals surface area contributed by atoms with Crippen LogP contribution in [0.2, 0.25) is 0 Å². The third-order valence-corrected chi connectivity index (χ3v) is 3.26. The van der Waals surface area contributed by atoms with E-state index in [0.29, 0.717) is 13.1 Å². The zero-order valence-corrected chi connectivity index (χ0v) is 13.3. The maximum Gasteiger partial charge on any atom is 0.126 e. The van der Waals surface area contributed by atoms with Gasteiger partial charge in [0.05, 0.1) is 7.11 Å². The maximum atomic E-state index is 9.88. The van der Waals surface area contributed by atoms with E-state index in [-0.39, 0.29) is 6.61 Å². The highest BCUT2D eigenvalue weighted by atomic mass is 16.5. The first-order valence-electron chi connectivity index (χ1n) is 7.66. The van der Waals surface area contributed by atoms with Crippen LogP contribution in [0.1, 0.15) is 5.56 Å². The van der Waals surface area contributed by atoms with E-state index in [1.54, 1.807) is 7.11 Å². The zero-order valence-electron chi connectivity index (χ0n) is 13.3. The van der Waals surface area contributed by atoms with Crippen LogP contribution in [0.5, 0.6) is 11.5 Å². The predicted octanol–water partition coefficient (Wildman–Crippen LogP) is 2.74. The van der Waals surface area contributed by atoms with Crippen molar-refractivity contribution in [2.45, 2.75) is 6.10 Å². The van der Waals surface area contributed by atoms with Gasteiger partial charge in [0.15, 0.2) is 0 Å². The SMILES string of the molecule is COc1ccccc1C=CCNCC(O)COc1ccccc1. The Morgan fingerprint density at radius 1 is 1.09 bits per heavy atom. The van der Waals surface area contributed by atoms with E-state index in [0.717, 1.165) is 17.1 Å². The third kappa shape index (κ3) is 6.14. The summed E-state index contributed by atoms with van der Waals surface area (Å²) in [7, 11) is 1.66. The highest BCUT2D eigenvalue weighted by molar-refractivity contribution is 5.57. The van der Waals surface area contributed by atoms with Crippen LogP contribution in [0, 0.1) is 0 Å². The third-order valence-electron chi connectivity index (χ3n) is 3.26. The zero-order chi connectivity index (χ0) is 16.3. The Labute approximate surface area is 137 Å². The highest BCUT2D eigenvalue weighted by Crippen LogP contribution is 2.18. The number of rotatable bonds is 9. The molecule has 0 aromatic heterocycles. The first-order valence-corrected chi connectivity index (χ1v) is 7.66. The van der Waals surface area contributed by atoms with E-state index in [1.165, 1.54) is 0 Å². The van der Waals surface area contributed by atoms with Gasteiger partial charge in [-0.3, -0.25) is 0 Å². The number of benzene rings is 2. The fourth-order valence-electron chi connectivity index (χ4n) is 2.09. The fourth-order valence-corrected chi connectivity index (χ4v) is 2.09. The molecule has 0 spiro atoms. The lowest BCUT2D eigenvalue weighted by Gasteiger charge is -2.12. The molecule has 2 aromatic carbocycles. The molecule has 0 radical (unpaired) electrons. The van der Waals surface area contributed by atoms with Crippen molar-refractivity contribution in [3.8, 4) is 11.5 Å². The predicted molar refractivity (Wildman–Crippen MR) is 92.8 cm³/mol. The van der Waals surface area contributed by atoms with Crippen molar-refractivity contribution in [1.29, 1.82) is 0 Å². The first-order chi connectivity index (χ1) is 11.3. The Morgan fingerprint density at radius 3 is 2.61 bits per heavy atom. The second-order valence-corrected chi connectivity index (χ2v) is 5.08. The molecule has 0 aliphatic rings. The summed E-state index contributed by atoms with van der Waals surface area (Å²) in [6, 6.07) is 17.3. The van der Waals surface area contributed by atoms with Crippen LogP contribution in [0.15, 0.2) is 60.7 Å². The van der Waals surface area contributed by atoms with Gasteiger partial charge in [0.1, 0.15) is 24.2 Å². The summed E-state index contributed by atoms with van der Waals surface area (Å²) >= 11 is 0. The molecule has 0 aliphatic carbocycles. The minimum atomic E-state index is -0.546. The summed E-state index contributed by atoms with van der Waals surface area (Å²) in [4.78, 5) is 0. The molecule has 0 heterocycles. The number of nitrogens with one attached hydrogen (secondary N) is 1. The summed E-state index contributed by atoms with van der Waals surface area (Å²) in [5.41, 5.74) is 1.03. The molecule has 0 amide bonds. The van der Waals surface area contributed by atoms with Crippen molar-refractivity contribution < 1.29 is 14.6 Å². The molecule has 2 aromatic rings. The fraction of sp³-hybridized carbons (Fsp3) is 0.263. The first kappa shape index (κ1) is 17.1. The Hall–Kier alpha value is -2.30. The summed E-state index contributed by atoms with van der Waals surface area (Å²) in [6.07, 6.45) is 3.45.